The van der Waals surface area contributed by atoms with Crippen LogP contribution in [-0.4, -0.2) is 37.0 Å². The topological polar surface area (TPSA) is 41.5 Å². The molecule has 0 spiro atoms. The fourth-order valence-corrected chi connectivity index (χ4v) is 2.26. The Kier molecular flexibility index (Phi) is 6.22. The molecule has 1 rings (SSSR count). The molecule has 0 radical (unpaired) electrons. The zero-order valence-corrected chi connectivity index (χ0v) is 10.0. The summed E-state index contributed by atoms with van der Waals surface area (Å²) >= 11 is 0. The summed E-state index contributed by atoms with van der Waals surface area (Å²) in [4.78, 5) is 0. The lowest BCUT2D eigenvalue weighted by atomic mass is 9.99. The van der Waals surface area contributed by atoms with Gasteiger partial charge in [0, 0.05) is 19.3 Å². The van der Waals surface area contributed by atoms with Gasteiger partial charge in [-0.25, -0.2) is 0 Å². The van der Waals surface area contributed by atoms with Crippen LogP contribution in [0.1, 0.15) is 39.5 Å². The Bertz CT molecular complexity index is 158. The Balaban J connectivity index is 2.19. The van der Waals surface area contributed by atoms with E-state index >= 15 is 0 Å². The minimum absolute atomic E-state index is 0.309. The molecule has 1 aliphatic rings. The van der Waals surface area contributed by atoms with Gasteiger partial charge in [-0.2, -0.15) is 0 Å². The quantitative estimate of drug-likeness (QED) is 0.677. The maximum Gasteiger partial charge on any atom is 0.0700 e. The molecule has 0 aromatic rings. The highest BCUT2D eigenvalue weighted by Gasteiger charge is 2.24. The predicted molar refractivity (Wildman–Crippen MR) is 61.9 cm³/mol. The molecule has 0 saturated carbocycles. The van der Waals surface area contributed by atoms with Crippen molar-refractivity contribution in [2.45, 2.75) is 51.7 Å². The predicted octanol–water partition coefficient (Wildman–Crippen LogP) is 1.55. The molecule has 0 aromatic heterocycles. The normalized spacial score (nSPS) is 28.2. The Morgan fingerprint density at radius 3 is 2.80 bits per heavy atom. The molecule has 90 valence electrons. The van der Waals surface area contributed by atoms with Gasteiger partial charge in [-0.15, -0.1) is 0 Å². The van der Waals surface area contributed by atoms with Crippen molar-refractivity contribution in [1.82, 2.24) is 5.32 Å². The molecular formula is C12H25NO2. The minimum atomic E-state index is 0.309. The molecule has 0 aliphatic carbocycles. The highest BCUT2D eigenvalue weighted by molar-refractivity contribution is 4.80. The third-order valence-corrected chi connectivity index (χ3v) is 3.28. The SMILES string of the molecule is CCCC(CCO)CNC1CCOC1C. The molecular weight excluding hydrogens is 190 g/mol. The first-order chi connectivity index (χ1) is 7.27. The van der Waals surface area contributed by atoms with Crippen LogP contribution in [-0.2, 0) is 4.74 Å². The number of hydrogen-bond acceptors (Lipinski definition) is 3. The smallest absolute Gasteiger partial charge is 0.0700 e. The lowest BCUT2D eigenvalue weighted by Gasteiger charge is -2.21. The van der Waals surface area contributed by atoms with Crippen LogP contribution in [0.5, 0.6) is 0 Å². The Labute approximate surface area is 93.2 Å². The monoisotopic (exact) mass is 215 g/mol. The maximum atomic E-state index is 8.95. The van der Waals surface area contributed by atoms with E-state index in [2.05, 4.69) is 19.2 Å². The van der Waals surface area contributed by atoms with Crippen molar-refractivity contribution in [3.63, 3.8) is 0 Å². The van der Waals surface area contributed by atoms with Gasteiger partial charge in [-0.05, 0) is 38.6 Å². The largest absolute Gasteiger partial charge is 0.396 e. The molecule has 1 saturated heterocycles. The van der Waals surface area contributed by atoms with Crippen molar-refractivity contribution < 1.29 is 9.84 Å². The standard InChI is InChI=1S/C12H25NO2/c1-3-4-11(5-7-14)9-13-12-6-8-15-10(12)2/h10-14H,3-9H2,1-2H3. The number of nitrogens with one attached hydrogen (secondary N) is 1. The van der Waals surface area contributed by atoms with E-state index < -0.39 is 0 Å². The van der Waals surface area contributed by atoms with Gasteiger partial charge in [0.2, 0.25) is 0 Å². The highest BCUT2D eigenvalue weighted by Crippen LogP contribution is 2.15. The second-order valence-corrected chi connectivity index (χ2v) is 4.55. The fraction of sp³-hybridized carbons (Fsp3) is 1.00. The summed E-state index contributed by atoms with van der Waals surface area (Å²) in [7, 11) is 0. The molecule has 0 aromatic carbocycles. The van der Waals surface area contributed by atoms with Crippen LogP contribution in [0.4, 0.5) is 0 Å². The van der Waals surface area contributed by atoms with E-state index in [0.29, 0.717) is 24.7 Å². The van der Waals surface area contributed by atoms with Gasteiger partial charge in [0.05, 0.1) is 6.10 Å². The average Bonchev–Trinajstić information content (AvgIpc) is 2.61. The van der Waals surface area contributed by atoms with Crippen LogP contribution >= 0.6 is 0 Å². The lowest BCUT2D eigenvalue weighted by Crippen LogP contribution is -2.38. The van der Waals surface area contributed by atoms with Gasteiger partial charge in [0.1, 0.15) is 0 Å². The first-order valence-corrected chi connectivity index (χ1v) is 6.23. The summed E-state index contributed by atoms with van der Waals surface area (Å²) in [6, 6.07) is 0.517. The van der Waals surface area contributed by atoms with E-state index in [9.17, 15) is 0 Å². The molecule has 3 unspecified atom stereocenters. The first-order valence-electron chi connectivity index (χ1n) is 6.23. The van der Waals surface area contributed by atoms with E-state index in [1.165, 1.54) is 12.8 Å². The summed E-state index contributed by atoms with van der Waals surface area (Å²) in [5, 5.41) is 12.5. The van der Waals surface area contributed by atoms with Gasteiger partial charge in [-0.1, -0.05) is 13.3 Å². The van der Waals surface area contributed by atoms with Crippen LogP contribution in [0.25, 0.3) is 0 Å². The molecule has 1 heterocycles. The van der Waals surface area contributed by atoms with Gasteiger partial charge in [0.15, 0.2) is 0 Å². The fourth-order valence-electron chi connectivity index (χ4n) is 2.26. The summed E-state index contributed by atoms with van der Waals surface area (Å²) in [5.41, 5.74) is 0. The van der Waals surface area contributed by atoms with Crippen LogP contribution in [0, 0.1) is 5.92 Å². The first kappa shape index (κ1) is 12.9. The molecule has 0 amide bonds. The molecule has 15 heavy (non-hydrogen) atoms. The van der Waals surface area contributed by atoms with Gasteiger partial charge < -0.3 is 15.2 Å². The molecule has 3 heteroatoms. The van der Waals surface area contributed by atoms with Crippen molar-refractivity contribution >= 4 is 0 Å². The molecule has 0 bridgehead atoms. The van der Waals surface area contributed by atoms with Crippen LogP contribution in [0.3, 0.4) is 0 Å². The average molecular weight is 215 g/mol. The lowest BCUT2D eigenvalue weighted by molar-refractivity contribution is 0.112. The van der Waals surface area contributed by atoms with Crippen LogP contribution < -0.4 is 5.32 Å². The number of aliphatic hydroxyl groups is 1. The van der Waals surface area contributed by atoms with Crippen molar-refractivity contribution in [3.05, 3.63) is 0 Å². The Morgan fingerprint density at radius 1 is 1.47 bits per heavy atom. The third-order valence-electron chi connectivity index (χ3n) is 3.28. The minimum Gasteiger partial charge on any atom is -0.396 e. The number of rotatable bonds is 7. The van der Waals surface area contributed by atoms with E-state index in [1.807, 2.05) is 0 Å². The number of ether oxygens (including phenoxy) is 1. The number of hydrogen-bond donors (Lipinski definition) is 2. The molecule has 1 aliphatic heterocycles. The third kappa shape index (κ3) is 4.49. The van der Waals surface area contributed by atoms with Gasteiger partial charge >= 0.3 is 0 Å². The van der Waals surface area contributed by atoms with Crippen LogP contribution in [0.15, 0.2) is 0 Å². The zero-order valence-electron chi connectivity index (χ0n) is 10.0. The van der Waals surface area contributed by atoms with E-state index in [4.69, 9.17) is 9.84 Å². The van der Waals surface area contributed by atoms with Crippen LogP contribution in [0.2, 0.25) is 0 Å². The number of aliphatic hydroxyl groups excluding tert-OH is 1. The summed E-state index contributed by atoms with van der Waals surface area (Å²) < 4.78 is 5.51. The maximum absolute atomic E-state index is 8.95. The summed E-state index contributed by atoms with van der Waals surface area (Å²) in [5.74, 6) is 0.618. The van der Waals surface area contributed by atoms with E-state index in [1.54, 1.807) is 0 Å². The van der Waals surface area contributed by atoms with Gasteiger partial charge in [-0.3, -0.25) is 0 Å². The molecule has 2 N–H and O–H groups in total. The molecule has 3 nitrogen and oxygen atoms in total. The molecule has 1 fully saturated rings. The summed E-state index contributed by atoms with van der Waals surface area (Å²) in [6.45, 7) is 6.55. The van der Waals surface area contributed by atoms with Crippen molar-refractivity contribution in [2.75, 3.05) is 19.8 Å². The zero-order chi connectivity index (χ0) is 11.1. The van der Waals surface area contributed by atoms with Crippen molar-refractivity contribution in [1.29, 1.82) is 0 Å². The highest BCUT2D eigenvalue weighted by atomic mass is 16.5. The van der Waals surface area contributed by atoms with Crippen molar-refractivity contribution in [3.8, 4) is 0 Å². The van der Waals surface area contributed by atoms with Gasteiger partial charge in [0.25, 0.3) is 0 Å². The Morgan fingerprint density at radius 2 is 2.27 bits per heavy atom. The summed E-state index contributed by atoms with van der Waals surface area (Å²) in [6.07, 6.45) is 4.79. The Hall–Kier alpha value is -0.120. The van der Waals surface area contributed by atoms with Crippen molar-refractivity contribution in [2.24, 2.45) is 5.92 Å². The second-order valence-electron chi connectivity index (χ2n) is 4.55. The van der Waals surface area contributed by atoms with E-state index in [0.717, 1.165) is 26.0 Å². The molecule has 3 atom stereocenters. The van der Waals surface area contributed by atoms with E-state index in [-0.39, 0.29) is 0 Å². The second kappa shape index (κ2) is 7.20.